The van der Waals surface area contributed by atoms with Crippen molar-refractivity contribution in [1.82, 2.24) is 9.80 Å². The zero-order valence-corrected chi connectivity index (χ0v) is 23.5. The van der Waals surface area contributed by atoms with Gasteiger partial charge in [0.25, 0.3) is 0 Å². The van der Waals surface area contributed by atoms with Gasteiger partial charge in [0.2, 0.25) is 0 Å². The van der Waals surface area contributed by atoms with Crippen molar-refractivity contribution in [1.29, 1.82) is 0 Å². The van der Waals surface area contributed by atoms with E-state index in [1.165, 1.54) is 24.0 Å². The molecule has 0 bridgehead atoms. The standard InChI is InChI=1S/C29H33Cl3N2OS/c30-26-4-1-21(2-5-26)18-35-19-22-7-10-33(11-8-22)15-25-16-34(17-28(25)24-9-12-36-20-24)14-23-3-6-27(31)13-29(23)32/h1-6,9,12-13,20,22,25,28H,7-8,10-11,14-19H2/t25-,28+/m0/s1. The molecule has 0 radical (unpaired) electrons. The summed E-state index contributed by atoms with van der Waals surface area (Å²) in [6, 6.07) is 16.1. The van der Waals surface area contributed by atoms with Crippen LogP contribution in [0.1, 0.15) is 35.4 Å². The van der Waals surface area contributed by atoms with E-state index in [2.05, 4.69) is 32.7 Å². The number of thiophene rings is 1. The van der Waals surface area contributed by atoms with Gasteiger partial charge in [0.1, 0.15) is 0 Å². The molecule has 2 fully saturated rings. The highest BCUT2D eigenvalue weighted by Gasteiger charge is 2.36. The maximum Gasteiger partial charge on any atom is 0.0717 e. The monoisotopic (exact) mass is 562 g/mol. The Morgan fingerprint density at radius 1 is 0.889 bits per heavy atom. The van der Waals surface area contributed by atoms with Gasteiger partial charge < -0.3 is 9.64 Å². The third-order valence-electron chi connectivity index (χ3n) is 7.63. The van der Waals surface area contributed by atoms with Crippen LogP contribution in [0, 0.1) is 11.8 Å². The largest absolute Gasteiger partial charge is 0.376 e. The first kappa shape index (κ1) is 26.5. The van der Waals surface area contributed by atoms with Crippen molar-refractivity contribution >= 4 is 46.1 Å². The Labute approximate surface area is 233 Å². The molecule has 0 amide bonds. The van der Waals surface area contributed by atoms with Crippen LogP contribution < -0.4 is 0 Å². The molecular formula is C29H33Cl3N2OS. The predicted octanol–water partition coefficient (Wildman–Crippen LogP) is 7.85. The molecule has 0 saturated carbocycles. The molecule has 0 N–H and O–H groups in total. The first-order chi connectivity index (χ1) is 17.5. The molecule has 0 aliphatic carbocycles. The van der Waals surface area contributed by atoms with Crippen LogP contribution >= 0.6 is 46.1 Å². The molecule has 2 atom stereocenters. The van der Waals surface area contributed by atoms with Gasteiger partial charge >= 0.3 is 0 Å². The van der Waals surface area contributed by atoms with E-state index in [4.69, 9.17) is 39.5 Å². The van der Waals surface area contributed by atoms with Gasteiger partial charge in [0, 0.05) is 53.8 Å². The summed E-state index contributed by atoms with van der Waals surface area (Å²) in [6.07, 6.45) is 2.42. The minimum atomic E-state index is 0.572. The summed E-state index contributed by atoms with van der Waals surface area (Å²) >= 11 is 20.4. The molecule has 3 nitrogen and oxygen atoms in total. The van der Waals surface area contributed by atoms with Crippen LogP contribution in [0.2, 0.25) is 15.1 Å². The highest BCUT2D eigenvalue weighted by Crippen LogP contribution is 2.36. The smallest absolute Gasteiger partial charge is 0.0717 e. The van der Waals surface area contributed by atoms with Gasteiger partial charge in [0.15, 0.2) is 0 Å². The zero-order valence-electron chi connectivity index (χ0n) is 20.4. The fraction of sp³-hybridized carbons (Fsp3) is 0.448. The second kappa shape index (κ2) is 12.6. The van der Waals surface area contributed by atoms with Crippen molar-refractivity contribution in [3.8, 4) is 0 Å². The maximum atomic E-state index is 6.49. The Morgan fingerprint density at radius 2 is 1.67 bits per heavy atom. The number of piperidine rings is 1. The van der Waals surface area contributed by atoms with Crippen molar-refractivity contribution in [3.63, 3.8) is 0 Å². The summed E-state index contributed by atoms with van der Waals surface area (Å²) in [5.41, 5.74) is 3.83. The van der Waals surface area contributed by atoms with Gasteiger partial charge in [-0.3, -0.25) is 4.90 Å². The Hall–Kier alpha value is -1.11. The summed E-state index contributed by atoms with van der Waals surface area (Å²) in [6.45, 7) is 8.03. The molecule has 3 aromatic rings. The van der Waals surface area contributed by atoms with E-state index < -0.39 is 0 Å². The summed E-state index contributed by atoms with van der Waals surface area (Å²) in [5, 5.41) is 6.77. The SMILES string of the molecule is Clc1ccc(COCC2CCN(C[C@H]3CN(Cc4ccc(Cl)cc4Cl)C[C@@H]3c3ccsc3)CC2)cc1. The summed E-state index contributed by atoms with van der Waals surface area (Å²) in [4.78, 5) is 5.25. The van der Waals surface area contributed by atoms with E-state index in [0.717, 1.165) is 61.5 Å². The van der Waals surface area contributed by atoms with Crippen LogP contribution in [-0.4, -0.2) is 49.1 Å². The van der Waals surface area contributed by atoms with Gasteiger partial charge in [-0.15, -0.1) is 0 Å². The minimum Gasteiger partial charge on any atom is -0.376 e. The minimum absolute atomic E-state index is 0.572. The van der Waals surface area contributed by atoms with Crippen LogP contribution in [0.25, 0.3) is 0 Å². The van der Waals surface area contributed by atoms with Crippen molar-refractivity contribution in [3.05, 3.63) is 91.0 Å². The van der Waals surface area contributed by atoms with Gasteiger partial charge in [-0.1, -0.05) is 53.0 Å². The van der Waals surface area contributed by atoms with E-state index in [1.807, 2.05) is 36.4 Å². The van der Waals surface area contributed by atoms with Crippen LogP contribution in [0.15, 0.2) is 59.3 Å². The number of hydrogen-bond donors (Lipinski definition) is 0. The lowest BCUT2D eigenvalue weighted by molar-refractivity contribution is 0.0542. The van der Waals surface area contributed by atoms with E-state index in [0.29, 0.717) is 29.4 Å². The summed E-state index contributed by atoms with van der Waals surface area (Å²) in [5.74, 6) is 1.85. The highest BCUT2D eigenvalue weighted by atomic mass is 35.5. The van der Waals surface area contributed by atoms with E-state index in [9.17, 15) is 0 Å². The second-order valence-electron chi connectivity index (χ2n) is 10.2. The predicted molar refractivity (Wildman–Crippen MR) is 153 cm³/mol. The molecule has 2 aliphatic heterocycles. The number of halogens is 3. The topological polar surface area (TPSA) is 15.7 Å². The number of rotatable bonds is 9. The third-order valence-corrected chi connectivity index (χ3v) is 9.17. The van der Waals surface area contributed by atoms with Crippen molar-refractivity contribution in [2.45, 2.75) is 31.9 Å². The van der Waals surface area contributed by atoms with Crippen molar-refractivity contribution in [2.75, 3.05) is 39.3 Å². The molecule has 3 heterocycles. The average molecular weight is 564 g/mol. The van der Waals surface area contributed by atoms with Crippen LogP contribution in [0.5, 0.6) is 0 Å². The zero-order chi connectivity index (χ0) is 24.9. The maximum absolute atomic E-state index is 6.49. The lowest BCUT2D eigenvalue weighted by atomic mass is 9.89. The van der Waals surface area contributed by atoms with E-state index >= 15 is 0 Å². The molecule has 1 aromatic heterocycles. The number of benzene rings is 2. The van der Waals surface area contributed by atoms with Crippen molar-refractivity contribution < 1.29 is 4.74 Å². The number of nitrogens with zero attached hydrogens (tertiary/aromatic N) is 2. The molecular weight excluding hydrogens is 531 g/mol. The lowest BCUT2D eigenvalue weighted by Gasteiger charge is -2.34. The molecule has 0 spiro atoms. The van der Waals surface area contributed by atoms with E-state index in [1.54, 1.807) is 11.3 Å². The van der Waals surface area contributed by atoms with Gasteiger partial charge in [0.05, 0.1) is 6.61 Å². The normalized spacial score (nSPS) is 21.9. The number of hydrogen-bond acceptors (Lipinski definition) is 4. The van der Waals surface area contributed by atoms with Crippen molar-refractivity contribution in [2.24, 2.45) is 11.8 Å². The van der Waals surface area contributed by atoms with Crippen LogP contribution in [0.3, 0.4) is 0 Å². The Bertz CT molecular complexity index is 1100. The molecule has 0 unspecified atom stereocenters. The van der Waals surface area contributed by atoms with E-state index in [-0.39, 0.29) is 0 Å². The van der Waals surface area contributed by atoms with Gasteiger partial charge in [-0.25, -0.2) is 0 Å². The Kier molecular flexibility index (Phi) is 9.29. The fourth-order valence-electron chi connectivity index (χ4n) is 5.62. The summed E-state index contributed by atoms with van der Waals surface area (Å²) in [7, 11) is 0. The third kappa shape index (κ3) is 7.05. The average Bonchev–Trinajstić information content (AvgIpc) is 3.53. The molecule has 192 valence electrons. The molecule has 2 aliphatic rings. The van der Waals surface area contributed by atoms with Gasteiger partial charge in [-0.2, -0.15) is 11.3 Å². The summed E-state index contributed by atoms with van der Waals surface area (Å²) < 4.78 is 6.04. The quantitative estimate of drug-likeness (QED) is 0.264. The Morgan fingerprint density at radius 3 is 2.39 bits per heavy atom. The lowest BCUT2D eigenvalue weighted by Crippen LogP contribution is -2.39. The molecule has 36 heavy (non-hydrogen) atoms. The number of likely N-dealkylation sites (tertiary alicyclic amines) is 2. The number of ether oxygens (including phenoxy) is 1. The van der Waals surface area contributed by atoms with Crippen LogP contribution in [-0.2, 0) is 17.9 Å². The van der Waals surface area contributed by atoms with Crippen LogP contribution in [0.4, 0.5) is 0 Å². The molecule has 5 rings (SSSR count). The molecule has 2 aromatic carbocycles. The van der Waals surface area contributed by atoms with Gasteiger partial charge in [-0.05, 0) is 95.5 Å². The first-order valence-corrected chi connectivity index (χ1v) is 14.8. The highest BCUT2D eigenvalue weighted by molar-refractivity contribution is 7.08. The molecule has 2 saturated heterocycles. The second-order valence-corrected chi connectivity index (χ2v) is 12.3. The molecule has 7 heteroatoms. The Balaban J connectivity index is 1.12. The first-order valence-electron chi connectivity index (χ1n) is 12.8. The fourth-order valence-corrected chi connectivity index (χ4v) is 6.94.